The first-order valence-electron chi connectivity index (χ1n) is 13.5. The van der Waals surface area contributed by atoms with Crippen molar-refractivity contribution >= 4 is 51.0 Å². The van der Waals surface area contributed by atoms with Crippen LogP contribution in [0.25, 0.3) is 0 Å². The Hall–Kier alpha value is -4.18. The van der Waals surface area contributed by atoms with Crippen LogP contribution in [0, 0.1) is 5.92 Å². The van der Waals surface area contributed by atoms with Crippen LogP contribution < -0.4 is 25.4 Å². The molecule has 2 fully saturated rings. The molecule has 1 aromatic heterocycles. The number of carbonyl (C=O) groups excluding carboxylic acids is 2. The van der Waals surface area contributed by atoms with Crippen molar-refractivity contribution in [1.82, 2.24) is 25.0 Å². The third kappa shape index (κ3) is 8.69. The van der Waals surface area contributed by atoms with Gasteiger partial charge in [-0.05, 0) is 67.6 Å². The largest absolute Gasteiger partial charge is 0.454 e. The fourth-order valence-electron chi connectivity index (χ4n) is 4.16. The molecule has 4 N–H and O–H groups in total. The van der Waals surface area contributed by atoms with Crippen LogP contribution in [0.15, 0.2) is 48.5 Å². The van der Waals surface area contributed by atoms with E-state index in [-0.39, 0.29) is 35.8 Å². The third-order valence-electron chi connectivity index (χ3n) is 6.75. The summed E-state index contributed by atoms with van der Waals surface area (Å²) in [5, 5.41) is 9.08. The van der Waals surface area contributed by atoms with Crippen molar-refractivity contribution in [3.05, 3.63) is 64.7 Å². The van der Waals surface area contributed by atoms with Gasteiger partial charge in [-0.3, -0.25) is 9.59 Å². The molecule has 234 valence electrons. The maximum Gasteiger partial charge on any atom is 0.422 e. The number of nitrogens with zero attached hydrogens (tertiary/aromatic N) is 3. The Kier molecular flexibility index (Phi) is 8.83. The maximum absolute atomic E-state index is 12.8. The number of halogens is 4. The zero-order valence-corrected chi connectivity index (χ0v) is 24.5. The van der Waals surface area contributed by atoms with Crippen LogP contribution in [0.2, 0.25) is 5.02 Å². The standard InChI is InChI=1S/C27H27ClF3N7O5S/c28-19-7-5-18(6-8-19)26(11-12-26)37-24-34-23(35-25(36-24)43-15-27(29,30)31)33-20-9-3-17(4-10-20)22(40)38-44(41,42)14-13-32-21(39)16-1-2-16/h3-10,16H,1-2,11-15H2,(H,32,39)(H,38,40)(H2,33,34,35,36,37). The van der Waals surface area contributed by atoms with Crippen molar-refractivity contribution in [2.45, 2.75) is 37.4 Å². The van der Waals surface area contributed by atoms with Crippen LogP contribution in [-0.2, 0) is 20.4 Å². The fraction of sp³-hybridized carbons (Fsp3) is 0.370. The number of rotatable bonds is 13. The SMILES string of the molecule is O=C(NS(=O)(=O)CCNC(=O)C1CC1)c1ccc(Nc2nc(NC3(c4ccc(Cl)cc4)CC3)nc(OCC(F)(F)F)n2)cc1. The van der Waals surface area contributed by atoms with Crippen molar-refractivity contribution in [2.24, 2.45) is 5.92 Å². The number of sulfonamides is 1. The van der Waals surface area contributed by atoms with E-state index in [2.05, 4.69) is 30.9 Å². The van der Waals surface area contributed by atoms with Gasteiger partial charge >= 0.3 is 12.2 Å². The van der Waals surface area contributed by atoms with Gasteiger partial charge in [0.05, 0.1) is 11.3 Å². The molecule has 2 saturated carbocycles. The van der Waals surface area contributed by atoms with Crippen LogP contribution in [0.3, 0.4) is 0 Å². The molecular formula is C27H27ClF3N7O5S. The number of alkyl halides is 3. The zero-order valence-electron chi connectivity index (χ0n) is 22.9. The number of anilines is 3. The van der Waals surface area contributed by atoms with E-state index in [9.17, 15) is 31.2 Å². The number of ether oxygens (including phenoxy) is 1. The number of amides is 2. The van der Waals surface area contributed by atoms with Crippen molar-refractivity contribution in [2.75, 3.05) is 29.5 Å². The second-order valence-corrected chi connectivity index (χ2v) is 12.7. The first kappa shape index (κ1) is 31.3. The molecule has 3 aromatic rings. The molecule has 0 saturated heterocycles. The number of hydrogen-bond donors (Lipinski definition) is 4. The van der Waals surface area contributed by atoms with E-state index in [4.69, 9.17) is 16.3 Å². The summed E-state index contributed by atoms with van der Waals surface area (Å²) < 4.78 is 69.7. The van der Waals surface area contributed by atoms with Gasteiger partial charge in [-0.15, -0.1) is 0 Å². The summed E-state index contributed by atoms with van der Waals surface area (Å²) >= 11 is 5.99. The normalized spacial score (nSPS) is 15.6. The number of benzene rings is 2. The summed E-state index contributed by atoms with van der Waals surface area (Å²) in [7, 11) is -4.01. The molecule has 44 heavy (non-hydrogen) atoms. The monoisotopic (exact) mass is 653 g/mol. The summed E-state index contributed by atoms with van der Waals surface area (Å²) in [6.45, 7) is -1.74. The molecule has 0 aliphatic heterocycles. The maximum atomic E-state index is 12.8. The predicted octanol–water partition coefficient (Wildman–Crippen LogP) is 3.90. The third-order valence-corrected chi connectivity index (χ3v) is 8.24. The van der Waals surface area contributed by atoms with E-state index in [1.54, 1.807) is 12.1 Å². The van der Waals surface area contributed by atoms with Gasteiger partial charge in [0.2, 0.25) is 27.8 Å². The summed E-state index contributed by atoms with van der Waals surface area (Å²) in [5.74, 6) is -1.78. The number of aromatic nitrogens is 3. The van der Waals surface area contributed by atoms with Crippen molar-refractivity contribution in [3.8, 4) is 6.01 Å². The Bertz CT molecular complexity index is 1630. The highest BCUT2D eigenvalue weighted by Crippen LogP contribution is 2.48. The van der Waals surface area contributed by atoms with Gasteiger partial charge in [0, 0.05) is 28.7 Å². The molecule has 0 unspecified atom stereocenters. The van der Waals surface area contributed by atoms with Crippen LogP contribution in [0.5, 0.6) is 6.01 Å². The minimum atomic E-state index is -4.62. The lowest BCUT2D eigenvalue weighted by Gasteiger charge is -2.19. The zero-order chi connectivity index (χ0) is 31.5. The van der Waals surface area contributed by atoms with Crippen LogP contribution in [0.4, 0.5) is 30.8 Å². The molecule has 17 heteroatoms. The van der Waals surface area contributed by atoms with Crippen molar-refractivity contribution in [1.29, 1.82) is 0 Å². The second-order valence-electron chi connectivity index (χ2n) is 10.4. The lowest BCUT2D eigenvalue weighted by Crippen LogP contribution is -2.37. The molecule has 2 aromatic carbocycles. The molecule has 2 aliphatic carbocycles. The Morgan fingerprint density at radius 2 is 1.64 bits per heavy atom. The molecule has 0 spiro atoms. The van der Waals surface area contributed by atoms with E-state index in [1.807, 2.05) is 16.9 Å². The fourth-order valence-corrected chi connectivity index (χ4v) is 5.16. The average molecular weight is 654 g/mol. The Labute approximate surface area is 255 Å². The van der Waals surface area contributed by atoms with E-state index >= 15 is 0 Å². The van der Waals surface area contributed by atoms with Gasteiger partial charge in [-0.2, -0.15) is 28.1 Å². The lowest BCUT2D eigenvalue weighted by atomic mass is 10.1. The number of nitrogens with one attached hydrogen (secondary N) is 4. The molecule has 0 radical (unpaired) electrons. The smallest absolute Gasteiger partial charge is 0.422 e. The van der Waals surface area contributed by atoms with Crippen LogP contribution in [-0.4, -0.2) is 60.3 Å². The van der Waals surface area contributed by atoms with Gasteiger partial charge in [0.15, 0.2) is 6.61 Å². The highest BCUT2D eigenvalue weighted by atomic mass is 35.5. The first-order valence-corrected chi connectivity index (χ1v) is 15.5. The first-order chi connectivity index (χ1) is 20.8. The Morgan fingerprint density at radius 1 is 0.977 bits per heavy atom. The summed E-state index contributed by atoms with van der Waals surface area (Å²) in [5.41, 5.74) is 0.716. The highest BCUT2D eigenvalue weighted by molar-refractivity contribution is 7.90. The summed E-state index contributed by atoms with van der Waals surface area (Å²) in [6.07, 6.45) is -1.62. The molecule has 2 aliphatic rings. The van der Waals surface area contributed by atoms with Gasteiger partial charge in [-0.1, -0.05) is 23.7 Å². The van der Waals surface area contributed by atoms with Gasteiger partial charge in [0.25, 0.3) is 5.91 Å². The summed E-state index contributed by atoms with van der Waals surface area (Å²) in [6, 6.07) is 12.1. The van der Waals surface area contributed by atoms with Crippen LogP contribution >= 0.6 is 11.6 Å². The van der Waals surface area contributed by atoms with Gasteiger partial charge < -0.3 is 20.7 Å². The Balaban J connectivity index is 1.25. The number of carbonyl (C=O) groups is 2. The quantitative estimate of drug-likeness (QED) is 0.213. The highest BCUT2D eigenvalue weighted by Gasteiger charge is 2.45. The molecule has 0 bridgehead atoms. The van der Waals surface area contributed by atoms with Crippen molar-refractivity contribution < 1.29 is 35.9 Å². The van der Waals surface area contributed by atoms with Crippen molar-refractivity contribution in [3.63, 3.8) is 0 Å². The van der Waals surface area contributed by atoms with Crippen LogP contribution in [0.1, 0.15) is 41.6 Å². The second kappa shape index (κ2) is 12.4. The van der Waals surface area contributed by atoms with Gasteiger partial charge in [0.1, 0.15) is 0 Å². The van der Waals surface area contributed by atoms with E-state index < -0.39 is 46.0 Å². The lowest BCUT2D eigenvalue weighted by molar-refractivity contribution is -0.154. The molecule has 1 heterocycles. The molecule has 0 atom stereocenters. The molecule has 12 nitrogen and oxygen atoms in total. The van der Waals surface area contributed by atoms with Gasteiger partial charge in [-0.25, -0.2) is 13.1 Å². The van der Waals surface area contributed by atoms with E-state index in [0.717, 1.165) is 31.2 Å². The summed E-state index contributed by atoms with van der Waals surface area (Å²) in [4.78, 5) is 36.4. The topological polar surface area (TPSA) is 164 Å². The average Bonchev–Trinajstić information content (AvgIpc) is 3.88. The predicted molar refractivity (Wildman–Crippen MR) is 154 cm³/mol. The van der Waals surface area contributed by atoms with E-state index in [0.29, 0.717) is 10.7 Å². The molecular weight excluding hydrogens is 627 g/mol. The van der Waals surface area contributed by atoms with E-state index in [1.165, 1.54) is 24.3 Å². The minimum absolute atomic E-state index is 0.0204. The Morgan fingerprint density at radius 3 is 2.25 bits per heavy atom. The number of hydrogen-bond acceptors (Lipinski definition) is 10. The minimum Gasteiger partial charge on any atom is -0.454 e. The molecule has 2 amide bonds. The molecule has 5 rings (SSSR count).